The minimum Gasteiger partial charge on any atom is -0.272 e. The molecule has 32 heavy (non-hydrogen) atoms. The van der Waals surface area contributed by atoms with E-state index < -0.39 is 5.82 Å². The highest BCUT2D eigenvalue weighted by Crippen LogP contribution is 2.32. The van der Waals surface area contributed by atoms with Gasteiger partial charge in [-0.15, -0.1) is 10.2 Å². The van der Waals surface area contributed by atoms with Crippen LogP contribution >= 0.6 is 50.8 Å². The number of nitrogens with one attached hydrogen (secondary N) is 1. The first-order chi connectivity index (χ1) is 15.6. The maximum absolute atomic E-state index is 13.7. The highest BCUT2D eigenvalue weighted by atomic mass is 79.9. The number of benzene rings is 3. The molecule has 0 atom stereocenters. The zero-order chi connectivity index (χ0) is 22.3. The Morgan fingerprint density at radius 3 is 2.75 bits per heavy atom. The smallest absolute Gasteiger partial charge is 0.250 e. The lowest BCUT2D eigenvalue weighted by Crippen LogP contribution is -2.19. The van der Waals surface area contributed by atoms with Gasteiger partial charge in [-0.3, -0.25) is 4.79 Å². The van der Waals surface area contributed by atoms with Crippen LogP contribution in [0.25, 0.3) is 10.8 Å². The molecule has 0 saturated carbocycles. The number of hydrogen-bond acceptors (Lipinski definition) is 7. The fourth-order valence-electron chi connectivity index (χ4n) is 2.82. The Balaban J connectivity index is 1.26. The molecule has 0 bridgehead atoms. The Morgan fingerprint density at radius 2 is 1.88 bits per heavy atom. The van der Waals surface area contributed by atoms with Gasteiger partial charge < -0.3 is 0 Å². The van der Waals surface area contributed by atoms with Gasteiger partial charge in [-0.25, -0.2) is 9.82 Å². The second-order valence-corrected chi connectivity index (χ2v) is 10.8. The van der Waals surface area contributed by atoms with E-state index in [2.05, 4.69) is 67.0 Å². The molecule has 5 nitrogen and oxygen atoms in total. The summed E-state index contributed by atoms with van der Waals surface area (Å²) in [6, 6.07) is 19.1. The lowest BCUT2D eigenvalue weighted by molar-refractivity contribution is -0.118. The monoisotopic (exact) mass is 546 g/mol. The van der Waals surface area contributed by atoms with Crippen LogP contribution in [0.2, 0.25) is 0 Å². The van der Waals surface area contributed by atoms with Crippen molar-refractivity contribution in [2.24, 2.45) is 5.10 Å². The number of halogens is 2. The van der Waals surface area contributed by atoms with Crippen molar-refractivity contribution in [3.8, 4) is 0 Å². The van der Waals surface area contributed by atoms with Gasteiger partial charge in [-0.2, -0.15) is 5.10 Å². The standard InChI is InChI=1S/C22H16BrFN4OS3/c23-17-8-9-19(24)16(10-17)11-25-26-20(29)13-31-22-28-27-21(32-22)30-12-15-6-3-5-14-4-1-2-7-18(14)15/h1-11H,12-13H2,(H,26,29)/b25-11+. The minimum atomic E-state index is -0.414. The summed E-state index contributed by atoms with van der Waals surface area (Å²) in [5.74, 6) is 0.216. The fraction of sp³-hybridized carbons (Fsp3) is 0.0909. The summed E-state index contributed by atoms with van der Waals surface area (Å²) in [6.45, 7) is 0. The van der Waals surface area contributed by atoms with E-state index in [0.29, 0.717) is 4.34 Å². The number of rotatable bonds is 8. The Morgan fingerprint density at radius 1 is 1.09 bits per heavy atom. The van der Waals surface area contributed by atoms with E-state index >= 15 is 0 Å². The summed E-state index contributed by atoms with van der Waals surface area (Å²) in [6.07, 6.45) is 1.27. The maximum atomic E-state index is 13.7. The van der Waals surface area contributed by atoms with Crippen LogP contribution in [-0.4, -0.2) is 28.1 Å². The van der Waals surface area contributed by atoms with Crippen molar-refractivity contribution in [2.45, 2.75) is 14.4 Å². The number of fused-ring (bicyclic) bond motifs is 1. The van der Waals surface area contributed by atoms with Crippen molar-refractivity contribution in [2.75, 3.05) is 5.75 Å². The van der Waals surface area contributed by atoms with Crippen LogP contribution in [0.3, 0.4) is 0 Å². The number of amides is 1. The van der Waals surface area contributed by atoms with Crippen molar-refractivity contribution in [3.05, 3.63) is 82.1 Å². The predicted molar refractivity (Wildman–Crippen MR) is 134 cm³/mol. The molecule has 0 spiro atoms. The molecule has 0 radical (unpaired) electrons. The summed E-state index contributed by atoms with van der Waals surface area (Å²) >= 11 is 7.64. The quantitative estimate of drug-likeness (QED) is 0.163. The number of thioether (sulfide) groups is 2. The Hall–Kier alpha value is -2.27. The molecule has 1 N–H and O–H groups in total. The van der Waals surface area contributed by atoms with Crippen LogP contribution in [0.5, 0.6) is 0 Å². The molecule has 0 aliphatic carbocycles. The van der Waals surface area contributed by atoms with E-state index in [1.54, 1.807) is 23.9 Å². The van der Waals surface area contributed by atoms with Gasteiger partial charge in [-0.05, 0) is 34.5 Å². The largest absolute Gasteiger partial charge is 0.272 e. The first kappa shape index (κ1) is 22.9. The van der Waals surface area contributed by atoms with Gasteiger partial charge in [0, 0.05) is 15.8 Å². The van der Waals surface area contributed by atoms with Gasteiger partial charge in [0.1, 0.15) is 5.82 Å². The van der Waals surface area contributed by atoms with E-state index in [0.717, 1.165) is 14.6 Å². The van der Waals surface area contributed by atoms with Gasteiger partial charge in [0.15, 0.2) is 8.68 Å². The van der Waals surface area contributed by atoms with Crippen molar-refractivity contribution in [3.63, 3.8) is 0 Å². The van der Waals surface area contributed by atoms with Gasteiger partial charge in [-0.1, -0.05) is 93.3 Å². The lowest BCUT2D eigenvalue weighted by Gasteiger charge is -2.04. The highest BCUT2D eigenvalue weighted by molar-refractivity contribution is 9.10. The van der Waals surface area contributed by atoms with Gasteiger partial charge in [0.05, 0.1) is 12.0 Å². The number of nitrogens with zero attached hydrogens (tertiary/aromatic N) is 3. The van der Waals surface area contributed by atoms with E-state index in [4.69, 9.17) is 0 Å². The van der Waals surface area contributed by atoms with Crippen molar-refractivity contribution in [1.29, 1.82) is 0 Å². The molecule has 10 heteroatoms. The first-order valence-corrected chi connectivity index (χ1v) is 13.0. The molecule has 0 fully saturated rings. The van der Waals surface area contributed by atoms with E-state index in [9.17, 15) is 9.18 Å². The molecule has 1 aromatic heterocycles. The molecule has 162 valence electrons. The van der Waals surface area contributed by atoms with Crippen LogP contribution < -0.4 is 5.43 Å². The molecular formula is C22H16BrFN4OS3. The van der Waals surface area contributed by atoms with Crippen LogP contribution in [0.4, 0.5) is 4.39 Å². The third kappa shape index (κ3) is 6.16. The van der Waals surface area contributed by atoms with Crippen molar-refractivity contribution >= 4 is 73.7 Å². The number of aromatic nitrogens is 2. The maximum Gasteiger partial charge on any atom is 0.250 e. The van der Waals surface area contributed by atoms with E-state index in [1.165, 1.54) is 51.7 Å². The average molecular weight is 548 g/mol. The van der Waals surface area contributed by atoms with Crippen LogP contribution in [0.1, 0.15) is 11.1 Å². The minimum absolute atomic E-state index is 0.140. The zero-order valence-electron chi connectivity index (χ0n) is 16.5. The first-order valence-electron chi connectivity index (χ1n) is 9.41. The van der Waals surface area contributed by atoms with Crippen molar-refractivity contribution in [1.82, 2.24) is 15.6 Å². The molecule has 0 aliphatic heterocycles. The predicted octanol–water partition coefficient (Wildman–Crippen LogP) is 6.13. The molecule has 4 aromatic rings. The van der Waals surface area contributed by atoms with Crippen molar-refractivity contribution < 1.29 is 9.18 Å². The second-order valence-electron chi connectivity index (χ2n) is 6.51. The molecule has 0 saturated heterocycles. The van der Waals surface area contributed by atoms with Crippen LogP contribution in [0.15, 0.2) is 78.9 Å². The fourth-order valence-corrected chi connectivity index (χ4v) is 6.01. The summed E-state index contributed by atoms with van der Waals surface area (Å²) in [5, 5.41) is 14.6. The SMILES string of the molecule is O=C(CSc1nnc(SCc2cccc3ccccc23)s1)N/N=C/c1cc(Br)ccc1F. The third-order valence-electron chi connectivity index (χ3n) is 4.30. The summed E-state index contributed by atoms with van der Waals surface area (Å²) in [7, 11) is 0. The summed E-state index contributed by atoms with van der Waals surface area (Å²) in [4.78, 5) is 12.0. The second kappa shape index (κ2) is 11.0. The topological polar surface area (TPSA) is 67.2 Å². The normalized spacial score (nSPS) is 11.3. The molecule has 1 amide bonds. The molecule has 3 aromatic carbocycles. The number of carbonyl (C=O) groups excluding carboxylic acids is 1. The summed E-state index contributed by atoms with van der Waals surface area (Å²) < 4.78 is 16.0. The lowest BCUT2D eigenvalue weighted by atomic mass is 10.1. The Labute approximate surface area is 205 Å². The van der Waals surface area contributed by atoms with E-state index in [1.807, 2.05) is 12.1 Å². The molecule has 4 rings (SSSR count). The van der Waals surface area contributed by atoms with Gasteiger partial charge in [0.2, 0.25) is 0 Å². The number of carbonyl (C=O) groups is 1. The Kier molecular flexibility index (Phi) is 7.90. The summed E-state index contributed by atoms with van der Waals surface area (Å²) in [5.41, 5.74) is 3.93. The number of hydrazone groups is 1. The van der Waals surface area contributed by atoms with Crippen LogP contribution in [-0.2, 0) is 10.5 Å². The third-order valence-corrected chi connectivity index (χ3v) is 8.03. The molecule has 1 heterocycles. The highest BCUT2D eigenvalue weighted by Gasteiger charge is 2.10. The molecular weight excluding hydrogens is 531 g/mol. The molecule has 0 unspecified atom stereocenters. The number of hydrogen-bond donors (Lipinski definition) is 1. The average Bonchev–Trinajstić information content (AvgIpc) is 3.26. The Bertz CT molecular complexity index is 1280. The van der Waals surface area contributed by atoms with E-state index in [-0.39, 0.29) is 17.2 Å². The van der Waals surface area contributed by atoms with Crippen LogP contribution in [0, 0.1) is 5.82 Å². The van der Waals surface area contributed by atoms with Gasteiger partial charge in [0.25, 0.3) is 5.91 Å². The molecule has 0 aliphatic rings. The zero-order valence-corrected chi connectivity index (χ0v) is 20.5. The van der Waals surface area contributed by atoms with Gasteiger partial charge >= 0.3 is 0 Å².